The second-order valence-electron chi connectivity index (χ2n) is 4.05. The summed E-state index contributed by atoms with van der Waals surface area (Å²) in [6.07, 6.45) is 1.77. The van der Waals surface area contributed by atoms with Crippen LogP contribution in [0.15, 0.2) is 15.8 Å². The van der Waals surface area contributed by atoms with E-state index in [9.17, 15) is 8.42 Å². The molecule has 0 bridgehead atoms. The number of nitrogens with zero attached hydrogens (tertiary/aromatic N) is 5. The van der Waals surface area contributed by atoms with E-state index in [1.54, 1.807) is 17.9 Å². The van der Waals surface area contributed by atoms with E-state index in [2.05, 4.69) is 36.1 Å². The van der Waals surface area contributed by atoms with E-state index in [-0.39, 0.29) is 16.2 Å². The average molecular weight is 349 g/mol. The summed E-state index contributed by atoms with van der Waals surface area (Å²) < 4.78 is 29.8. The zero-order valence-electron chi connectivity index (χ0n) is 10.6. The van der Waals surface area contributed by atoms with Crippen molar-refractivity contribution in [1.82, 2.24) is 29.5 Å². The van der Waals surface area contributed by atoms with Crippen LogP contribution in [0.2, 0.25) is 0 Å². The van der Waals surface area contributed by atoms with E-state index in [0.717, 1.165) is 11.3 Å². The number of aromatic nitrogens is 5. The largest absolute Gasteiger partial charge is 0.275 e. The second-order valence-corrected chi connectivity index (χ2v) is 6.48. The molecule has 1 N–H and O–H groups in total. The minimum absolute atomic E-state index is 0.00552. The lowest BCUT2D eigenvalue weighted by Gasteiger charge is -2.05. The van der Waals surface area contributed by atoms with Crippen molar-refractivity contribution < 1.29 is 8.42 Å². The molecule has 2 rings (SSSR count). The molecular formula is C9H13BrN6O2S. The summed E-state index contributed by atoms with van der Waals surface area (Å²) in [6.45, 7) is 1.99. The molecule has 0 amide bonds. The van der Waals surface area contributed by atoms with Crippen LogP contribution in [0.4, 0.5) is 0 Å². The highest BCUT2D eigenvalue weighted by Crippen LogP contribution is 2.18. The Morgan fingerprint density at radius 2 is 2.11 bits per heavy atom. The number of sulfonamides is 1. The number of rotatable bonds is 4. The molecule has 0 aliphatic heterocycles. The molecule has 0 aliphatic rings. The van der Waals surface area contributed by atoms with Crippen LogP contribution >= 0.6 is 15.9 Å². The third kappa shape index (κ3) is 2.85. The van der Waals surface area contributed by atoms with E-state index < -0.39 is 10.0 Å². The van der Waals surface area contributed by atoms with E-state index in [0.29, 0.717) is 0 Å². The van der Waals surface area contributed by atoms with Gasteiger partial charge in [0.15, 0.2) is 4.60 Å². The topological polar surface area (TPSA) is 94.7 Å². The lowest BCUT2D eigenvalue weighted by atomic mass is 10.3. The van der Waals surface area contributed by atoms with Gasteiger partial charge in [0, 0.05) is 32.4 Å². The highest BCUT2D eigenvalue weighted by molar-refractivity contribution is 9.10. The van der Waals surface area contributed by atoms with E-state index in [1.807, 2.05) is 6.92 Å². The fourth-order valence-electron chi connectivity index (χ4n) is 1.67. The van der Waals surface area contributed by atoms with Crippen LogP contribution in [-0.4, -0.2) is 33.2 Å². The molecule has 0 aliphatic carbocycles. The summed E-state index contributed by atoms with van der Waals surface area (Å²) in [5, 5.41) is 11.4. The van der Waals surface area contributed by atoms with E-state index >= 15 is 0 Å². The predicted octanol–water partition coefficient (Wildman–Crippen LogP) is 0.0980. The van der Waals surface area contributed by atoms with E-state index in [1.165, 1.54) is 11.7 Å². The molecule has 0 saturated carbocycles. The molecule has 0 radical (unpaired) electrons. The van der Waals surface area contributed by atoms with Crippen LogP contribution in [0, 0.1) is 6.92 Å². The summed E-state index contributed by atoms with van der Waals surface area (Å²) in [6, 6.07) is 0. The smallest absolute Gasteiger partial charge is 0.260 e. The molecule has 0 saturated heterocycles. The maximum Gasteiger partial charge on any atom is 0.260 e. The van der Waals surface area contributed by atoms with Gasteiger partial charge in [0.2, 0.25) is 5.03 Å². The summed E-state index contributed by atoms with van der Waals surface area (Å²) in [7, 11) is -0.380. The zero-order chi connectivity index (χ0) is 14.2. The van der Waals surface area contributed by atoms with Crippen LogP contribution in [0.5, 0.6) is 0 Å². The molecule has 0 aromatic carbocycles. The average Bonchev–Trinajstić information content (AvgIpc) is 2.79. The highest BCUT2D eigenvalue weighted by Gasteiger charge is 2.23. The quantitative estimate of drug-likeness (QED) is 0.845. The molecule has 2 aromatic rings. The Bertz CT molecular complexity index is 685. The first kappa shape index (κ1) is 14.2. The Morgan fingerprint density at radius 1 is 1.42 bits per heavy atom. The third-order valence-corrected chi connectivity index (χ3v) is 4.85. The van der Waals surface area contributed by atoms with Gasteiger partial charge in [0.25, 0.3) is 10.0 Å². The van der Waals surface area contributed by atoms with Crippen molar-refractivity contribution in [3.05, 3.63) is 22.1 Å². The van der Waals surface area contributed by atoms with Crippen molar-refractivity contribution >= 4 is 26.0 Å². The summed E-state index contributed by atoms with van der Waals surface area (Å²) in [4.78, 5) is 0. The summed E-state index contributed by atoms with van der Waals surface area (Å²) >= 11 is 3.07. The highest BCUT2D eigenvalue weighted by atomic mass is 79.9. The Morgan fingerprint density at radius 3 is 2.58 bits per heavy atom. The molecule has 0 spiro atoms. The summed E-state index contributed by atoms with van der Waals surface area (Å²) in [5.74, 6) is 0. The van der Waals surface area contributed by atoms with Gasteiger partial charge in [-0.05, 0) is 22.9 Å². The molecule has 8 nitrogen and oxygen atoms in total. The molecule has 0 atom stereocenters. The second kappa shape index (κ2) is 5.02. The van der Waals surface area contributed by atoms with Crippen molar-refractivity contribution in [2.24, 2.45) is 14.1 Å². The number of hydrogen-bond donors (Lipinski definition) is 1. The minimum atomic E-state index is -3.68. The maximum absolute atomic E-state index is 12.2. The zero-order valence-corrected chi connectivity index (χ0v) is 13.0. The first-order valence-electron chi connectivity index (χ1n) is 5.35. The molecule has 104 valence electrons. The van der Waals surface area contributed by atoms with Gasteiger partial charge in [0.1, 0.15) is 0 Å². The fraction of sp³-hybridized carbons (Fsp3) is 0.444. The number of aryl methyl sites for hydroxylation is 3. The van der Waals surface area contributed by atoms with Gasteiger partial charge in [0.05, 0.1) is 5.69 Å². The summed E-state index contributed by atoms with van der Waals surface area (Å²) in [5.41, 5.74) is 1.60. The van der Waals surface area contributed by atoms with Crippen LogP contribution in [0.1, 0.15) is 11.3 Å². The monoisotopic (exact) mass is 348 g/mol. The fourth-order valence-corrected chi connectivity index (χ4v) is 3.77. The van der Waals surface area contributed by atoms with Crippen molar-refractivity contribution in [3.63, 3.8) is 0 Å². The lowest BCUT2D eigenvalue weighted by Crippen LogP contribution is -2.25. The normalized spacial score (nSPS) is 12.0. The Labute approximate surface area is 119 Å². The Kier molecular flexibility index (Phi) is 3.74. The predicted molar refractivity (Wildman–Crippen MR) is 70.7 cm³/mol. The first-order chi connectivity index (χ1) is 8.81. The Hall–Kier alpha value is -1.26. The molecule has 0 fully saturated rings. The van der Waals surface area contributed by atoms with Crippen molar-refractivity contribution in [1.29, 1.82) is 0 Å². The molecule has 0 unspecified atom stereocenters. The number of halogens is 1. The SMILES string of the molecule is Cc1nn(C)cc1CNS(=O)(=O)c1c(Br)nnn1C. The molecule has 2 aromatic heterocycles. The van der Waals surface area contributed by atoms with Gasteiger partial charge in [-0.25, -0.2) is 17.8 Å². The van der Waals surface area contributed by atoms with Crippen molar-refractivity contribution in [2.45, 2.75) is 18.5 Å². The number of nitrogens with one attached hydrogen (secondary N) is 1. The standard InChI is InChI=1S/C9H13BrN6O2S/c1-6-7(5-15(2)13-6)4-11-19(17,18)9-8(10)12-14-16(9)3/h5,11H,4H2,1-3H3. The van der Waals surface area contributed by atoms with Gasteiger partial charge in [-0.1, -0.05) is 5.21 Å². The lowest BCUT2D eigenvalue weighted by molar-refractivity contribution is 0.560. The van der Waals surface area contributed by atoms with Gasteiger partial charge in [-0.15, -0.1) is 5.10 Å². The van der Waals surface area contributed by atoms with Crippen LogP contribution in [-0.2, 0) is 30.7 Å². The molecular weight excluding hydrogens is 336 g/mol. The van der Waals surface area contributed by atoms with Gasteiger partial charge < -0.3 is 0 Å². The maximum atomic E-state index is 12.2. The molecule has 10 heteroatoms. The minimum Gasteiger partial charge on any atom is -0.275 e. The van der Waals surface area contributed by atoms with Crippen LogP contribution in [0.25, 0.3) is 0 Å². The Balaban J connectivity index is 2.21. The number of hydrogen-bond acceptors (Lipinski definition) is 5. The van der Waals surface area contributed by atoms with Crippen LogP contribution < -0.4 is 4.72 Å². The van der Waals surface area contributed by atoms with E-state index in [4.69, 9.17) is 0 Å². The van der Waals surface area contributed by atoms with Crippen molar-refractivity contribution in [3.8, 4) is 0 Å². The first-order valence-corrected chi connectivity index (χ1v) is 7.63. The van der Waals surface area contributed by atoms with Crippen LogP contribution in [0.3, 0.4) is 0 Å². The van der Waals surface area contributed by atoms with Gasteiger partial charge >= 0.3 is 0 Å². The van der Waals surface area contributed by atoms with Crippen molar-refractivity contribution in [2.75, 3.05) is 0 Å². The molecule has 19 heavy (non-hydrogen) atoms. The van der Waals surface area contributed by atoms with Gasteiger partial charge in [-0.3, -0.25) is 4.68 Å². The van der Waals surface area contributed by atoms with Gasteiger partial charge in [-0.2, -0.15) is 5.10 Å². The molecule has 2 heterocycles. The third-order valence-electron chi connectivity index (χ3n) is 2.56.